The lowest BCUT2D eigenvalue weighted by molar-refractivity contribution is -0.183. The zero-order valence-corrected chi connectivity index (χ0v) is 9.88. The summed E-state index contributed by atoms with van der Waals surface area (Å²) in [6, 6.07) is 0. The minimum Gasteiger partial charge on any atom is -0.211 e. The summed E-state index contributed by atoms with van der Waals surface area (Å²) in [7, 11) is 0. The van der Waals surface area contributed by atoms with Crippen LogP contribution in [0.15, 0.2) is 41.1 Å². The molecule has 0 N–H and O–H groups in total. The van der Waals surface area contributed by atoms with E-state index in [-0.39, 0.29) is 5.70 Å². The molecule has 17 heavy (non-hydrogen) atoms. The summed E-state index contributed by atoms with van der Waals surface area (Å²) >= 11 is 0. The molecule has 0 heterocycles. The maximum Gasteiger partial charge on any atom is 0.400 e. The van der Waals surface area contributed by atoms with Crippen molar-refractivity contribution < 1.29 is 18.0 Å². The Morgan fingerprint density at radius 1 is 1.29 bits per heavy atom. The van der Waals surface area contributed by atoms with E-state index < -0.39 is 11.6 Å². The fraction of sp³-hybridized carbons (Fsp3) is 0.417. The van der Waals surface area contributed by atoms with Gasteiger partial charge < -0.3 is 0 Å². The fourth-order valence-corrected chi connectivity index (χ4v) is 1.03. The molecule has 0 bridgehead atoms. The number of hydrogen-bond donors (Lipinski definition) is 0. The highest BCUT2D eigenvalue weighted by Gasteiger charge is 2.47. The smallest absolute Gasteiger partial charge is 0.211 e. The predicted octanol–water partition coefficient (Wildman–Crippen LogP) is 3.93. The highest BCUT2D eigenvalue weighted by molar-refractivity contribution is 5.42. The molecule has 0 fully saturated rings. The minimum atomic E-state index is -4.37. The summed E-state index contributed by atoms with van der Waals surface area (Å²) < 4.78 is 37.8. The topological polar surface area (TPSA) is 29.4 Å². The molecule has 2 nitrogen and oxygen atoms in total. The van der Waals surface area contributed by atoms with Gasteiger partial charge in [-0.15, -0.1) is 0 Å². The number of rotatable bonds is 1. The predicted molar refractivity (Wildman–Crippen MR) is 60.0 cm³/mol. The Kier molecular flexibility index (Phi) is 5.62. The number of halogens is 3. The third-order valence-electron chi connectivity index (χ3n) is 2.10. The maximum absolute atomic E-state index is 12.6. The van der Waals surface area contributed by atoms with Crippen molar-refractivity contribution in [3.8, 4) is 0 Å². The van der Waals surface area contributed by atoms with E-state index in [1.165, 1.54) is 18.2 Å². The van der Waals surface area contributed by atoms with Crippen LogP contribution in [0.2, 0.25) is 0 Å². The van der Waals surface area contributed by atoms with Crippen molar-refractivity contribution in [3.63, 3.8) is 0 Å². The lowest BCUT2D eigenvalue weighted by atomic mass is 9.89. The van der Waals surface area contributed by atoms with Crippen molar-refractivity contribution >= 4 is 6.08 Å². The molecule has 0 aromatic heterocycles. The summed E-state index contributed by atoms with van der Waals surface area (Å²) in [5, 5.41) is 0. The number of aliphatic imine (C=N–C) groups is 1. The van der Waals surface area contributed by atoms with Gasteiger partial charge in [0, 0.05) is 0 Å². The third kappa shape index (κ3) is 4.04. The Labute approximate surface area is 98.2 Å². The Morgan fingerprint density at radius 2 is 1.88 bits per heavy atom. The van der Waals surface area contributed by atoms with E-state index in [9.17, 15) is 18.0 Å². The molecule has 1 atom stereocenters. The van der Waals surface area contributed by atoms with Crippen molar-refractivity contribution in [1.29, 1.82) is 0 Å². The molecule has 1 aliphatic carbocycles. The minimum absolute atomic E-state index is 0.147. The molecule has 1 aliphatic rings. The first-order chi connectivity index (χ1) is 7.89. The molecule has 0 aromatic rings. The van der Waals surface area contributed by atoms with Crippen molar-refractivity contribution in [2.75, 3.05) is 0 Å². The average Bonchev–Trinajstić information content (AvgIpc) is 2.45. The van der Waals surface area contributed by atoms with Crippen LogP contribution in [-0.2, 0) is 4.79 Å². The molecule has 0 aliphatic heterocycles. The Morgan fingerprint density at radius 3 is 2.35 bits per heavy atom. The van der Waals surface area contributed by atoms with Gasteiger partial charge >= 0.3 is 6.18 Å². The van der Waals surface area contributed by atoms with Gasteiger partial charge in [0.2, 0.25) is 6.08 Å². The highest BCUT2D eigenvalue weighted by Crippen LogP contribution is 2.41. The number of carbonyl (C=O) groups excluding carboxylic acids is 1. The lowest BCUT2D eigenvalue weighted by Gasteiger charge is -2.24. The molecule has 0 saturated heterocycles. The Balaban J connectivity index is 0.00000121. The van der Waals surface area contributed by atoms with Crippen LogP contribution >= 0.6 is 0 Å². The lowest BCUT2D eigenvalue weighted by Crippen LogP contribution is -2.30. The molecule has 1 rings (SSSR count). The molecule has 0 amide bonds. The van der Waals surface area contributed by atoms with Crippen LogP contribution in [-0.4, -0.2) is 12.3 Å². The van der Waals surface area contributed by atoms with E-state index in [4.69, 9.17) is 0 Å². The van der Waals surface area contributed by atoms with Gasteiger partial charge in [0.1, 0.15) is 0 Å². The van der Waals surface area contributed by atoms with Crippen LogP contribution in [0, 0.1) is 5.41 Å². The molecular formula is C12H14F3NO. The first-order valence-electron chi connectivity index (χ1n) is 5.12. The second-order valence-corrected chi connectivity index (χ2v) is 3.27. The van der Waals surface area contributed by atoms with E-state index >= 15 is 0 Å². The summed E-state index contributed by atoms with van der Waals surface area (Å²) in [5.74, 6) is 0. The first kappa shape index (κ1) is 15.4. The van der Waals surface area contributed by atoms with Gasteiger partial charge in [0.15, 0.2) is 0 Å². The van der Waals surface area contributed by atoms with Crippen LogP contribution in [0.3, 0.4) is 0 Å². The van der Waals surface area contributed by atoms with Crippen LogP contribution in [0.25, 0.3) is 0 Å². The summed E-state index contributed by atoms with van der Waals surface area (Å²) in [6.45, 7) is 5.04. The molecule has 0 saturated carbocycles. The van der Waals surface area contributed by atoms with Crippen molar-refractivity contribution in [1.82, 2.24) is 0 Å². The van der Waals surface area contributed by atoms with Crippen molar-refractivity contribution in [2.24, 2.45) is 10.4 Å². The van der Waals surface area contributed by atoms with Gasteiger partial charge in [-0.1, -0.05) is 32.1 Å². The number of nitrogens with zero attached hydrogens (tertiary/aromatic N) is 1. The molecule has 0 aromatic carbocycles. The third-order valence-corrected chi connectivity index (χ3v) is 2.10. The summed E-state index contributed by atoms with van der Waals surface area (Å²) in [5.41, 5.74) is -1.88. The van der Waals surface area contributed by atoms with Crippen molar-refractivity contribution in [3.05, 3.63) is 36.1 Å². The largest absolute Gasteiger partial charge is 0.400 e. The monoisotopic (exact) mass is 245 g/mol. The van der Waals surface area contributed by atoms with Gasteiger partial charge in [-0.3, -0.25) is 0 Å². The normalized spacial score (nSPS) is 22.8. The van der Waals surface area contributed by atoms with Gasteiger partial charge in [-0.25, -0.2) is 4.79 Å². The van der Waals surface area contributed by atoms with Gasteiger partial charge in [0.25, 0.3) is 0 Å². The highest BCUT2D eigenvalue weighted by atomic mass is 19.4. The molecule has 0 spiro atoms. The Hall–Kier alpha value is -1.61. The van der Waals surface area contributed by atoms with E-state index in [1.807, 2.05) is 13.8 Å². The molecular weight excluding hydrogens is 231 g/mol. The van der Waals surface area contributed by atoms with E-state index in [1.54, 1.807) is 0 Å². The van der Waals surface area contributed by atoms with Crippen LogP contribution in [0.5, 0.6) is 0 Å². The number of isocyanates is 1. The maximum atomic E-state index is 12.6. The zero-order chi connectivity index (χ0) is 13.5. The van der Waals surface area contributed by atoms with Crippen LogP contribution in [0.1, 0.15) is 20.8 Å². The number of allylic oxidation sites excluding steroid dienone is 5. The van der Waals surface area contributed by atoms with Crippen LogP contribution in [0.4, 0.5) is 13.2 Å². The Bertz CT molecular complexity index is 387. The van der Waals surface area contributed by atoms with E-state index in [0.717, 1.165) is 25.2 Å². The molecule has 5 heteroatoms. The SMILES string of the molecule is CC.CC1(C(F)(F)F)C=CC=C(N=C=O)C=C1. The fourth-order valence-electron chi connectivity index (χ4n) is 1.03. The average molecular weight is 245 g/mol. The van der Waals surface area contributed by atoms with Crippen molar-refractivity contribution in [2.45, 2.75) is 26.9 Å². The second-order valence-electron chi connectivity index (χ2n) is 3.27. The summed E-state index contributed by atoms with van der Waals surface area (Å²) in [6.07, 6.45) is 2.57. The summed E-state index contributed by atoms with van der Waals surface area (Å²) in [4.78, 5) is 13.2. The number of hydrogen-bond acceptors (Lipinski definition) is 2. The van der Waals surface area contributed by atoms with Gasteiger partial charge in [0.05, 0.1) is 11.1 Å². The molecule has 94 valence electrons. The van der Waals surface area contributed by atoms with Crippen LogP contribution < -0.4 is 0 Å². The molecule has 1 unspecified atom stereocenters. The molecule has 0 radical (unpaired) electrons. The van der Waals surface area contributed by atoms with Gasteiger partial charge in [-0.05, 0) is 19.1 Å². The van der Waals surface area contributed by atoms with E-state index in [0.29, 0.717) is 0 Å². The quantitative estimate of drug-likeness (QED) is 0.508. The second kappa shape index (κ2) is 6.21. The van der Waals surface area contributed by atoms with Gasteiger partial charge in [-0.2, -0.15) is 18.2 Å². The number of alkyl halides is 3. The van der Waals surface area contributed by atoms with E-state index in [2.05, 4.69) is 4.99 Å². The standard InChI is InChI=1S/C10H8F3NO.C2H6/c1-9(10(11,12)13)5-2-3-8(4-6-9)14-7-15;1-2/h2-6H,1H3;1-2H3. The zero-order valence-electron chi connectivity index (χ0n) is 9.88. The first-order valence-corrected chi connectivity index (χ1v) is 5.12.